The van der Waals surface area contributed by atoms with Crippen LogP contribution in [0.2, 0.25) is 25.7 Å². The molecule has 0 saturated carbocycles. The molecular weight excluding hydrogens is 212 g/mol. The van der Waals surface area contributed by atoms with E-state index in [1.165, 1.54) is 0 Å². The van der Waals surface area contributed by atoms with Gasteiger partial charge in [0.05, 0.1) is 0 Å². The van der Waals surface area contributed by atoms with Gasteiger partial charge < -0.3 is 13.3 Å². The molecule has 0 unspecified atom stereocenters. The zero-order valence-corrected chi connectivity index (χ0v) is 12.1. The first-order valence-corrected chi connectivity index (χ1v) is 10.2. The molecule has 0 aromatic rings. The van der Waals surface area contributed by atoms with Crippen LogP contribution >= 0.6 is 0 Å². The molecule has 0 aliphatic rings. The van der Waals surface area contributed by atoms with Gasteiger partial charge in [0.1, 0.15) is 0 Å². The van der Waals surface area contributed by atoms with Crippen molar-refractivity contribution in [2.24, 2.45) is 0 Å². The minimum absolute atomic E-state index is 1.03. The van der Waals surface area contributed by atoms with Crippen LogP contribution in [0.1, 0.15) is 0 Å². The van der Waals surface area contributed by atoms with E-state index in [4.69, 9.17) is 13.3 Å². The molecular formula is C9H22O3Si2. The monoisotopic (exact) mass is 234 g/mol. The van der Waals surface area contributed by atoms with E-state index >= 15 is 0 Å². The third-order valence-corrected chi connectivity index (χ3v) is 5.72. The van der Waals surface area contributed by atoms with Gasteiger partial charge >= 0.3 is 8.80 Å². The van der Waals surface area contributed by atoms with Crippen LogP contribution in [0.3, 0.4) is 0 Å². The van der Waals surface area contributed by atoms with E-state index in [2.05, 4.69) is 25.7 Å². The fourth-order valence-corrected chi connectivity index (χ4v) is 3.39. The zero-order valence-electron chi connectivity index (χ0n) is 10.1. The van der Waals surface area contributed by atoms with E-state index in [1.54, 1.807) is 21.3 Å². The molecule has 0 radical (unpaired) electrons. The summed E-state index contributed by atoms with van der Waals surface area (Å²) in [6, 6.07) is 1.12. The Hall–Kier alpha value is 0.0538. The van der Waals surface area contributed by atoms with Crippen molar-refractivity contribution in [1.29, 1.82) is 0 Å². The Morgan fingerprint density at radius 3 is 1.64 bits per heavy atom. The normalized spacial score (nSPS) is 13.9. The first kappa shape index (κ1) is 14.1. The maximum Gasteiger partial charge on any atom is 0.528 e. The average Bonchev–Trinajstić information content (AvgIpc) is 2.11. The molecule has 0 spiro atoms. The molecule has 0 heterocycles. The van der Waals surface area contributed by atoms with E-state index < -0.39 is 16.9 Å². The molecule has 0 aromatic carbocycles. The summed E-state index contributed by atoms with van der Waals surface area (Å²) in [5.41, 5.74) is 1.96. The van der Waals surface area contributed by atoms with Gasteiger partial charge in [-0.25, -0.2) is 0 Å². The van der Waals surface area contributed by atoms with Crippen LogP contribution in [0.5, 0.6) is 0 Å². The molecule has 14 heavy (non-hydrogen) atoms. The molecule has 0 N–H and O–H groups in total. The molecule has 0 atom stereocenters. The number of hydrogen-bond donors (Lipinski definition) is 0. The molecule has 0 amide bonds. The summed E-state index contributed by atoms with van der Waals surface area (Å²) in [6.07, 6.45) is 2.13. The second kappa shape index (κ2) is 5.82. The first-order chi connectivity index (χ1) is 6.39. The average molecular weight is 234 g/mol. The topological polar surface area (TPSA) is 27.7 Å². The molecule has 0 bridgehead atoms. The molecule has 0 aromatic heterocycles. The standard InChI is InChI=1S/C9H22O3Si2/c1-10-14(11-2,12-3)9-7-8-13(4,5)6/h7,9H,8H2,1-6H3. The highest BCUT2D eigenvalue weighted by Crippen LogP contribution is 2.12. The molecule has 5 heteroatoms. The Morgan fingerprint density at radius 1 is 0.929 bits per heavy atom. The van der Waals surface area contributed by atoms with E-state index in [-0.39, 0.29) is 0 Å². The van der Waals surface area contributed by atoms with Crippen molar-refractivity contribution in [3.63, 3.8) is 0 Å². The summed E-state index contributed by atoms with van der Waals surface area (Å²) >= 11 is 0. The van der Waals surface area contributed by atoms with Crippen molar-refractivity contribution >= 4 is 16.9 Å². The number of hydrogen-bond acceptors (Lipinski definition) is 3. The van der Waals surface area contributed by atoms with Crippen molar-refractivity contribution in [2.75, 3.05) is 21.3 Å². The SMILES string of the molecule is CO[Si](C=CC[Si](C)(C)C)(OC)OC. The summed E-state index contributed by atoms with van der Waals surface area (Å²) < 4.78 is 15.8. The Kier molecular flexibility index (Phi) is 5.84. The van der Waals surface area contributed by atoms with E-state index in [1.807, 2.05) is 5.70 Å². The van der Waals surface area contributed by atoms with Crippen molar-refractivity contribution in [1.82, 2.24) is 0 Å². The van der Waals surface area contributed by atoms with Crippen molar-refractivity contribution < 1.29 is 13.3 Å². The predicted octanol–water partition coefficient (Wildman–Crippen LogP) is 2.30. The van der Waals surface area contributed by atoms with Crippen LogP contribution in [0, 0.1) is 0 Å². The lowest BCUT2D eigenvalue weighted by atomic mass is 10.8. The van der Waals surface area contributed by atoms with Crippen molar-refractivity contribution in [3.8, 4) is 0 Å². The first-order valence-electron chi connectivity index (χ1n) is 4.72. The summed E-state index contributed by atoms with van der Waals surface area (Å²) in [7, 11) is 1.37. The largest absolute Gasteiger partial charge is 0.528 e. The highest BCUT2D eigenvalue weighted by Gasteiger charge is 2.34. The van der Waals surface area contributed by atoms with Gasteiger partial charge in [-0.1, -0.05) is 25.7 Å². The second-order valence-electron chi connectivity index (χ2n) is 4.38. The predicted molar refractivity (Wildman–Crippen MR) is 64.1 cm³/mol. The van der Waals surface area contributed by atoms with Gasteiger partial charge in [0.2, 0.25) is 0 Å². The lowest BCUT2D eigenvalue weighted by molar-refractivity contribution is 0.138. The smallest absolute Gasteiger partial charge is 0.374 e. The molecule has 0 rings (SSSR count). The highest BCUT2D eigenvalue weighted by molar-refractivity contribution is 6.76. The van der Waals surface area contributed by atoms with Crippen molar-refractivity contribution in [2.45, 2.75) is 25.7 Å². The van der Waals surface area contributed by atoms with Gasteiger partial charge in [-0.05, 0) is 11.7 Å². The third-order valence-electron chi connectivity index (χ3n) is 1.91. The molecule has 0 saturated heterocycles. The maximum absolute atomic E-state index is 5.27. The summed E-state index contributed by atoms with van der Waals surface area (Å²) in [4.78, 5) is 0. The van der Waals surface area contributed by atoms with Crippen LogP contribution in [0.4, 0.5) is 0 Å². The number of rotatable bonds is 6. The molecule has 3 nitrogen and oxygen atoms in total. The van der Waals surface area contributed by atoms with Crippen LogP contribution in [-0.2, 0) is 13.3 Å². The fraction of sp³-hybridized carbons (Fsp3) is 0.778. The summed E-state index contributed by atoms with van der Waals surface area (Å²) in [5.74, 6) is 0. The van der Waals surface area contributed by atoms with Gasteiger partial charge in [-0.3, -0.25) is 0 Å². The van der Waals surface area contributed by atoms with Gasteiger partial charge in [0.25, 0.3) is 0 Å². The van der Waals surface area contributed by atoms with E-state index in [0.717, 1.165) is 6.04 Å². The Morgan fingerprint density at radius 2 is 1.36 bits per heavy atom. The minimum Gasteiger partial charge on any atom is -0.374 e. The van der Waals surface area contributed by atoms with Crippen LogP contribution in [0.15, 0.2) is 11.8 Å². The number of allylic oxidation sites excluding steroid dienone is 1. The molecule has 84 valence electrons. The molecule has 0 fully saturated rings. The van der Waals surface area contributed by atoms with Crippen LogP contribution in [-0.4, -0.2) is 38.2 Å². The van der Waals surface area contributed by atoms with E-state index in [9.17, 15) is 0 Å². The lowest BCUT2D eigenvalue weighted by Crippen LogP contribution is -2.41. The van der Waals surface area contributed by atoms with Gasteiger partial charge in [0.15, 0.2) is 0 Å². The van der Waals surface area contributed by atoms with Crippen molar-refractivity contribution in [3.05, 3.63) is 11.8 Å². The van der Waals surface area contributed by atoms with E-state index in [0.29, 0.717) is 0 Å². The third kappa shape index (κ3) is 5.06. The lowest BCUT2D eigenvalue weighted by Gasteiger charge is -2.21. The van der Waals surface area contributed by atoms with Gasteiger partial charge in [-0.2, -0.15) is 0 Å². The summed E-state index contributed by atoms with van der Waals surface area (Å²) in [6.45, 7) is 6.98. The van der Waals surface area contributed by atoms with Crippen LogP contribution in [0.25, 0.3) is 0 Å². The zero-order chi connectivity index (χ0) is 11.2. The Labute approximate surface area is 89.4 Å². The fourth-order valence-electron chi connectivity index (χ4n) is 1.01. The second-order valence-corrected chi connectivity index (χ2v) is 12.7. The maximum atomic E-state index is 5.27. The quantitative estimate of drug-likeness (QED) is 0.660. The minimum atomic E-state index is -2.48. The highest BCUT2D eigenvalue weighted by atomic mass is 28.4. The molecule has 0 aliphatic heterocycles. The van der Waals surface area contributed by atoms with Gasteiger partial charge in [0, 0.05) is 29.4 Å². The Bertz CT molecular complexity index is 175. The Balaban J connectivity index is 4.30. The summed E-state index contributed by atoms with van der Waals surface area (Å²) in [5, 5.41) is 0. The molecule has 0 aliphatic carbocycles. The van der Waals surface area contributed by atoms with Crippen LogP contribution < -0.4 is 0 Å². The van der Waals surface area contributed by atoms with Gasteiger partial charge in [-0.15, -0.1) is 0 Å².